The second-order valence-electron chi connectivity index (χ2n) is 6.54. The summed E-state index contributed by atoms with van der Waals surface area (Å²) in [6.07, 6.45) is 1.29. The lowest BCUT2D eigenvalue weighted by Gasteiger charge is -2.18. The van der Waals surface area contributed by atoms with Crippen molar-refractivity contribution in [2.24, 2.45) is 0 Å². The van der Waals surface area contributed by atoms with E-state index in [0.717, 1.165) is 0 Å². The summed E-state index contributed by atoms with van der Waals surface area (Å²) in [5, 5.41) is 11.3. The molecule has 9 heteroatoms. The van der Waals surface area contributed by atoms with Gasteiger partial charge in [-0.2, -0.15) is 4.39 Å². The quantitative estimate of drug-likeness (QED) is 0.495. The zero-order valence-electron chi connectivity index (χ0n) is 15.3. The average molecular weight is 393 g/mol. The molecular weight excluding hydrogens is 372 g/mol. The number of nitrogens with zero attached hydrogens (tertiary/aromatic N) is 1. The van der Waals surface area contributed by atoms with Crippen LogP contribution in [-0.4, -0.2) is 28.8 Å². The van der Waals surface area contributed by atoms with Crippen LogP contribution in [-0.2, 0) is 17.8 Å². The number of aliphatic hydroxyl groups is 1. The summed E-state index contributed by atoms with van der Waals surface area (Å²) in [6.45, 7) is 1.96. The molecule has 1 aliphatic rings. The summed E-state index contributed by atoms with van der Waals surface area (Å²) in [5.41, 5.74) is 1.84. The van der Waals surface area contributed by atoms with E-state index in [0.29, 0.717) is 37.1 Å². The zero-order valence-corrected chi connectivity index (χ0v) is 15.3. The maximum atomic E-state index is 14.8. The molecule has 0 bridgehead atoms. The van der Waals surface area contributed by atoms with E-state index in [1.807, 2.05) is 0 Å². The van der Waals surface area contributed by atoms with Gasteiger partial charge in [0.15, 0.2) is 0 Å². The number of pyridine rings is 1. The SMILES string of the molecule is Cc1ccc(Nc2c(C(=O)NOCCCO)c3n(c(=O)c2F)CCC3)c(F)c1. The predicted molar refractivity (Wildman–Crippen MR) is 98.5 cm³/mol. The number of carbonyl (C=O) groups is 1. The zero-order chi connectivity index (χ0) is 20.3. The Labute approximate surface area is 159 Å². The molecule has 28 heavy (non-hydrogen) atoms. The third-order valence-corrected chi connectivity index (χ3v) is 4.49. The van der Waals surface area contributed by atoms with Gasteiger partial charge in [0.25, 0.3) is 11.5 Å². The fourth-order valence-electron chi connectivity index (χ4n) is 3.16. The largest absolute Gasteiger partial charge is 0.396 e. The smallest absolute Gasteiger partial charge is 0.289 e. The van der Waals surface area contributed by atoms with Gasteiger partial charge in [-0.25, -0.2) is 9.87 Å². The molecule has 1 amide bonds. The first-order chi connectivity index (χ1) is 13.4. The molecule has 0 unspecified atom stereocenters. The minimum absolute atomic E-state index is 0.0536. The Morgan fingerprint density at radius 3 is 2.86 bits per heavy atom. The van der Waals surface area contributed by atoms with E-state index in [9.17, 15) is 18.4 Å². The Bertz CT molecular complexity index is 959. The molecule has 2 aromatic rings. The maximum absolute atomic E-state index is 14.8. The molecule has 7 nitrogen and oxygen atoms in total. The second kappa shape index (κ2) is 8.49. The number of amides is 1. The molecule has 0 atom stereocenters. The van der Waals surface area contributed by atoms with E-state index in [2.05, 4.69) is 10.8 Å². The molecule has 0 saturated carbocycles. The van der Waals surface area contributed by atoms with Gasteiger partial charge in [0, 0.05) is 18.8 Å². The molecule has 1 aromatic carbocycles. The fraction of sp³-hybridized carbons (Fsp3) is 0.368. The highest BCUT2D eigenvalue weighted by Gasteiger charge is 2.29. The molecule has 3 N–H and O–H groups in total. The lowest BCUT2D eigenvalue weighted by Crippen LogP contribution is -2.32. The van der Waals surface area contributed by atoms with Gasteiger partial charge in [-0.05, 0) is 43.9 Å². The number of hydrogen-bond acceptors (Lipinski definition) is 5. The number of rotatable bonds is 7. The third kappa shape index (κ3) is 3.90. The lowest BCUT2D eigenvalue weighted by molar-refractivity contribution is 0.0261. The Balaban J connectivity index is 2.03. The third-order valence-electron chi connectivity index (χ3n) is 4.49. The number of halogens is 2. The van der Waals surface area contributed by atoms with Crippen molar-refractivity contribution < 1.29 is 23.5 Å². The molecule has 0 saturated heterocycles. The molecule has 2 heterocycles. The minimum atomic E-state index is -1.16. The van der Waals surface area contributed by atoms with Crippen LogP contribution in [0.4, 0.5) is 20.2 Å². The van der Waals surface area contributed by atoms with Crippen LogP contribution in [0.5, 0.6) is 0 Å². The molecule has 0 fully saturated rings. The van der Waals surface area contributed by atoms with Crippen LogP contribution in [0.1, 0.15) is 34.5 Å². The summed E-state index contributed by atoms with van der Waals surface area (Å²) in [4.78, 5) is 30.0. The summed E-state index contributed by atoms with van der Waals surface area (Å²) in [6, 6.07) is 4.30. The van der Waals surface area contributed by atoms with E-state index in [-0.39, 0.29) is 30.2 Å². The Hall–Kier alpha value is -2.78. The van der Waals surface area contributed by atoms with Gasteiger partial charge >= 0.3 is 0 Å². The van der Waals surface area contributed by atoms with Crippen LogP contribution in [0.3, 0.4) is 0 Å². The summed E-state index contributed by atoms with van der Waals surface area (Å²) >= 11 is 0. The first kappa shape index (κ1) is 20.0. The number of benzene rings is 1. The van der Waals surface area contributed by atoms with E-state index in [4.69, 9.17) is 9.94 Å². The number of aryl methyl sites for hydroxylation is 1. The molecule has 0 spiro atoms. The van der Waals surface area contributed by atoms with Gasteiger partial charge in [0.2, 0.25) is 5.82 Å². The number of nitrogens with one attached hydrogen (secondary N) is 2. The molecule has 150 valence electrons. The van der Waals surface area contributed by atoms with Crippen LogP contribution in [0.2, 0.25) is 0 Å². The average Bonchev–Trinajstić information content (AvgIpc) is 3.14. The Kier molecular flexibility index (Phi) is 6.05. The standard InChI is InChI=1S/C19H21F2N3O4/c1-11-5-6-13(12(20)10-11)22-17-15(18(26)23-28-9-3-8-25)14-4-2-7-24(14)19(27)16(17)21/h5-6,10,22,25H,2-4,7-9H2,1H3,(H,23,26). The van der Waals surface area contributed by atoms with Gasteiger partial charge in [0.05, 0.1) is 23.5 Å². The second-order valence-corrected chi connectivity index (χ2v) is 6.54. The van der Waals surface area contributed by atoms with Crippen molar-refractivity contribution in [3.8, 4) is 0 Å². The number of aliphatic hydroxyl groups excluding tert-OH is 1. The lowest BCUT2D eigenvalue weighted by atomic mass is 10.1. The van der Waals surface area contributed by atoms with E-state index >= 15 is 0 Å². The van der Waals surface area contributed by atoms with Crippen LogP contribution in [0.15, 0.2) is 23.0 Å². The molecule has 1 aromatic heterocycles. The number of hydrogen-bond donors (Lipinski definition) is 3. The van der Waals surface area contributed by atoms with E-state index in [1.54, 1.807) is 13.0 Å². The molecule has 0 radical (unpaired) electrons. The van der Waals surface area contributed by atoms with Gasteiger partial charge < -0.3 is 15.0 Å². The molecule has 3 rings (SSSR count). The fourth-order valence-corrected chi connectivity index (χ4v) is 3.16. The number of carbonyl (C=O) groups excluding carboxylic acids is 1. The van der Waals surface area contributed by atoms with Gasteiger partial charge in [-0.3, -0.25) is 14.4 Å². The Morgan fingerprint density at radius 1 is 1.36 bits per heavy atom. The van der Waals surface area contributed by atoms with Crippen molar-refractivity contribution in [2.45, 2.75) is 32.7 Å². The van der Waals surface area contributed by atoms with Gasteiger partial charge in [-0.1, -0.05) is 6.07 Å². The van der Waals surface area contributed by atoms with Gasteiger partial charge in [0.1, 0.15) is 5.82 Å². The number of anilines is 2. The number of fused-ring (bicyclic) bond motifs is 1. The monoisotopic (exact) mass is 393 g/mol. The molecular formula is C19H21F2N3O4. The van der Waals surface area contributed by atoms with E-state index < -0.39 is 23.1 Å². The van der Waals surface area contributed by atoms with Crippen LogP contribution in [0, 0.1) is 18.6 Å². The van der Waals surface area contributed by atoms with E-state index in [1.165, 1.54) is 16.7 Å². The normalized spacial score (nSPS) is 12.7. The summed E-state index contributed by atoms with van der Waals surface area (Å²) < 4.78 is 30.3. The first-order valence-corrected chi connectivity index (χ1v) is 8.95. The molecule has 1 aliphatic heterocycles. The highest BCUT2D eigenvalue weighted by molar-refractivity contribution is 6.01. The maximum Gasteiger partial charge on any atom is 0.289 e. The Morgan fingerprint density at radius 2 is 2.14 bits per heavy atom. The van der Waals surface area contributed by atoms with Crippen LogP contribution >= 0.6 is 0 Å². The highest BCUT2D eigenvalue weighted by Crippen LogP contribution is 2.30. The van der Waals surface area contributed by atoms with Gasteiger partial charge in [-0.15, -0.1) is 0 Å². The van der Waals surface area contributed by atoms with Crippen molar-refractivity contribution >= 4 is 17.3 Å². The van der Waals surface area contributed by atoms with Crippen molar-refractivity contribution in [3.05, 3.63) is 57.0 Å². The van der Waals surface area contributed by atoms with Crippen molar-refractivity contribution in [1.29, 1.82) is 0 Å². The topological polar surface area (TPSA) is 92.6 Å². The van der Waals surface area contributed by atoms with Crippen molar-refractivity contribution in [1.82, 2.24) is 10.0 Å². The summed E-state index contributed by atoms with van der Waals surface area (Å²) in [7, 11) is 0. The predicted octanol–water partition coefficient (Wildman–Crippen LogP) is 2.17. The highest BCUT2D eigenvalue weighted by atomic mass is 19.1. The van der Waals surface area contributed by atoms with Crippen molar-refractivity contribution in [2.75, 3.05) is 18.5 Å². The molecule has 0 aliphatic carbocycles. The summed E-state index contributed by atoms with van der Waals surface area (Å²) in [5.74, 6) is -2.55. The number of aromatic nitrogens is 1. The minimum Gasteiger partial charge on any atom is -0.396 e. The van der Waals surface area contributed by atoms with Crippen molar-refractivity contribution in [3.63, 3.8) is 0 Å². The number of hydroxylamine groups is 1. The first-order valence-electron chi connectivity index (χ1n) is 8.95. The van der Waals surface area contributed by atoms with Crippen LogP contribution < -0.4 is 16.4 Å². The van der Waals surface area contributed by atoms with Crippen LogP contribution in [0.25, 0.3) is 0 Å².